The van der Waals surface area contributed by atoms with E-state index in [9.17, 15) is 4.79 Å². The fraction of sp³-hybridized carbons (Fsp3) is 0.889. The van der Waals surface area contributed by atoms with Crippen molar-refractivity contribution >= 4 is 18.0 Å². The van der Waals surface area contributed by atoms with E-state index in [1.54, 1.807) is 0 Å². The SMILES string of the molecule is CCCCC1(C=O)CCCS1. The molecule has 0 amide bonds. The predicted molar refractivity (Wildman–Crippen MR) is 50.0 cm³/mol. The average Bonchev–Trinajstić information content (AvgIpc) is 2.50. The third-order valence-electron chi connectivity index (χ3n) is 2.30. The summed E-state index contributed by atoms with van der Waals surface area (Å²) in [6.45, 7) is 2.18. The maximum Gasteiger partial charge on any atom is 0.136 e. The summed E-state index contributed by atoms with van der Waals surface area (Å²) in [7, 11) is 0. The van der Waals surface area contributed by atoms with Crippen LogP contribution >= 0.6 is 11.8 Å². The average molecular weight is 172 g/mol. The third kappa shape index (κ3) is 2.22. The van der Waals surface area contributed by atoms with Crippen molar-refractivity contribution in [2.45, 2.75) is 43.8 Å². The smallest absolute Gasteiger partial charge is 0.136 e. The standard InChI is InChI=1S/C9H16OS/c1-2-3-5-9(8-10)6-4-7-11-9/h8H,2-7H2,1H3. The lowest BCUT2D eigenvalue weighted by molar-refractivity contribution is -0.110. The highest BCUT2D eigenvalue weighted by Gasteiger charge is 2.33. The van der Waals surface area contributed by atoms with E-state index in [1.807, 2.05) is 11.8 Å². The van der Waals surface area contributed by atoms with E-state index in [0.717, 1.165) is 12.8 Å². The Bertz CT molecular complexity index is 128. The van der Waals surface area contributed by atoms with E-state index in [-0.39, 0.29) is 4.75 Å². The van der Waals surface area contributed by atoms with Gasteiger partial charge in [0.15, 0.2) is 0 Å². The van der Waals surface area contributed by atoms with Crippen LogP contribution in [-0.4, -0.2) is 16.8 Å². The zero-order valence-corrected chi connectivity index (χ0v) is 7.95. The Morgan fingerprint density at radius 1 is 1.64 bits per heavy atom. The number of aldehydes is 1. The molecule has 0 N–H and O–H groups in total. The normalized spacial score (nSPS) is 30.6. The second kappa shape index (κ2) is 4.15. The second-order valence-electron chi connectivity index (χ2n) is 3.24. The predicted octanol–water partition coefficient (Wildman–Crippen LogP) is 2.64. The van der Waals surface area contributed by atoms with Gasteiger partial charge in [0.05, 0.1) is 4.75 Å². The Morgan fingerprint density at radius 3 is 2.91 bits per heavy atom. The van der Waals surface area contributed by atoms with Crippen LogP contribution in [0, 0.1) is 0 Å². The largest absolute Gasteiger partial charge is 0.302 e. The molecule has 1 fully saturated rings. The lowest BCUT2D eigenvalue weighted by Gasteiger charge is -2.19. The Labute approximate surface area is 72.9 Å². The zero-order chi connectivity index (χ0) is 8.16. The van der Waals surface area contributed by atoms with Crippen molar-refractivity contribution in [3.8, 4) is 0 Å². The molecule has 0 aliphatic carbocycles. The maximum absolute atomic E-state index is 10.8. The van der Waals surface area contributed by atoms with Crippen molar-refractivity contribution in [3.63, 3.8) is 0 Å². The first kappa shape index (κ1) is 9.11. The molecular formula is C9H16OS. The zero-order valence-electron chi connectivity index (χ0n) is 7.14. The van der Waals surface area contributed by atoms with E-state index < -0.39 is 0 Å². The number of unbranched alkanes of at least 4 members (excludes halogenated alkanes) is 1. The third-order valence-corrected chi connectivity index (χ3v) is 3.87. The van der Waals surface area contributed by atoms with Gasteiger partial charge in [0.1, 0.15) is 6.29 Å². The summed E-state index contributed by atoms with van der Waals surface area (Å²) in [5.74, 6) is 1.18. The molecule has 0 radical (unpaired) electrons. The van der Waals surface area contributed by atoms with Gasteiger partial charge in [-0.1, -0.05) is 19.8 Å². The molecular weight excluding hydrogens is 156 g/mol. The minimum atomic E-state index is 0.0238. The van der Waals surface area contributed by atoms with Crippen LogP contribution in [0.1, 0.15) is 39.0 Å². The van der Waals surface area contributed by atoms with Crippen LogP contribution in [0.25, 0.3) is 0 Å². The van der Waals surface area contributed by atoms with Crippen molar-refractivity contribution < 1.29 is 4.79 Å². The molecule has 0 spiro atoms. The number of thioether (sulfide) groups is 1. The van der Waals surface area contributed by atoms with Crippen LogP contribution in [0.2, 0.25) is 0 Å². The quantitative estimate of drug-likeness (QED) is 0.606. The molecule has 64 valence electrons. The maximum atomic E-state index is 10.8. The van der Waals surface area contributed by atoms with E-state index in [2.05, 4.69) is 6.92 Å². The highest BCUT2D eigenvalue weighted by atomic mass is 32.2. The molecule has 0 aromatic carbocycles. The van der Waals surface area contributed by atoms with Crippen LogP contribution < -0.4 is 0 Å². The van der Waals surface area contributed by atoms with Gasteiger partial charge in [0, 0.05) is 0 Å². The fourth-order valence-electron chi connectivity index (χ4n) is 1.54. The van der Waals surface area contributed by atoms with Crippen LogP contribution in [0.15, 0.2) is 0 Å². The topological polar surface area (TPSA) is 17.1 Å². The van der Waals surface area contributed by atoms with Crippen molar-refractivity contribution in [1.29, 1.82) is 0 Å². The second-order valence-corrected chi connectivity index (χ2v) is 4.75. The number of carbonyl (C=O) groups is 1. The Hall–Kier alpha value is 0.0200. The Balaban J connectivity index is 2.39. The number of rotatable bonds is 4. The Kier molecular flexibility index (Phi) is 3.44. The Morgan fingerprint density at radius 2 is 2.45 bits per heavy atom. The summed E-state index contributed by atoms with van der Waals surface area (Å²) in [4.78, 5) is 10.8. The van der Waals surface area contributed by atoms with Crippen molar-refractivity contribution in [2.75, 3.05) is 5.75 Å². The van der Waals surface area contributed by atoms with Crippen molar-refractivity contribution in [2.24, 2.45) is 0 Å². The summed E-state index contributed by atoms with van der Waals surface area (Å²) in [5, 5.41) is 0. The molecule has 1 rings (SSSR count). The molecule has 1 aliphatic heterocycles. The van der Waals surface area contributed by atoms with Gasteiger partial charge in [-0.3, -0.25) is 0 Å². The van der Waals surface area contributed by atoms with Crippen LogP contribution in [0.5, 0.6) is 0 Å². The molecule has 1 aliphatic rings. The molecule has 1 atom stereocenters. The molecule has 0 aromatic rings. The van der Waals surface area contributed by atoms with Gasteiger partial charge < -0.3 is 4.79 Å². The first-order valence-electron chi connectivity index (χ1n) is 4.43. The van der Waals surface area contributed by atoms with E-state index in [1.165, 1.54) is 31.3 Å². The van der Waals surface area contributed by atoms with Crippen LogP contribution in [-0.2, 0) is 4.79 Å². The monoisotopic (exact) mass is 172 g/mol. The summed E-state index contributed by atoms with van der Waals surface area (Å²) >= 11 is 1.86. The highest BCUT2D eigenvalue weighted by Crippen LogP contribution is 2.40. The molecule has 1 saturated heterocycles. The van der Waals surface area contributed by atoms with Crippen LogP contribution in [0.4, 0.5) is 0 Å². The van der Waals surface area contributed by atoms with Crippen LogP contribution in [0.3, 0.4) is 0 Å². The van der Waals surface area contributed by atoms with Gasteiger partial charge in [-0.2, -0.15) is 0 Å². The molecule has 0 saturated carbocycles. The number of hydrogen-bond donors (Lipinski definition) is 0. The molecule has 1 unspecified atom stereocenters. The lowest BCUT2D eigenvalue weighted by atomic mass is 9.98. The van der Waals surface area contributed by atoms with E-state index >= 15 is 0 Å². The molecule has 2 heteroatoms. The number of carbonyl (C=O) groups excluding carboxylic acids is 1. The first-order valence-corrected chi connectivity index (χ1v) is 5.42. The van der Waals surface area contributed by atoms with Gasteiger partial charge in [-0.15, -0.1) is 11.8 Å². The fourth-order valence-corrected chi connectivity index (χ4v) is 2.88. The minimum Gasteiger partial charge on any atom is -0.302 e. The van der Waals surface area contributed by atoms with Gasteiger partial charge >= 0.3 is 0 Å². The molecule has 1 nitrogen and oxygen atoms in total. The lowest BCUT2D eigenvalue weighted by Crippen LogP contribution is -2.22. The van der Waals surface area contributed by atoms with E-state index in [0.29, 0.717) is 0 Å². The van der Waals surface area contributed by atoms with Gasteiger partial charge in [-0.25, -0.2) is 0 Å². The summed E-state index contributed by atoms with van der Waals surface area (Å²) < 4.78 is 0.0238. The van der Waals surface area contributed by atoms with Gasteiger partial charge in [0.2, 0.25) is 0 Å². The molecule has 11 heavy (non-hydrogen) atoms. The van der Waals surface area contributed by atoms with Gasteiger partial charge in [0.25, 0.3) is 0 Å². The van der Waals surface area contributed by atoms with Crippen molar-refractivity contribution in [3.05, 3.63) is 0 Å². The highest BCUT2D eigenvalue weighted by molar-refractivity contribution is 8.01. The summed E-state index contributed by atoms with van der Waals surface area (Å²) in [5.41, 5.74) is 0. The minimum absolute atomic E-state index is 0.0238. The van der Waals surface area contributed by atoms with Gasteiger partial charge in [-0.05, 0) is 25.0 Å². The number of hydrogen-bond acceptors (Lipinski definition) is 2. The summed E-state index contributed by atoms with van der Waals surface area (Å²) in [6, 6.07) is 0. The first-order chi connectivity index (χ1) is 5.33. The molecule has 1 heterocycles. The van der Waals surface area contributed by atoms with Crippen molar-refractivity contribution in [1.82, 2.24) is 0 Å². The molecule has 0 aromatic heterocycles. The van der Waals surface area contributed by atoms with E-state index in [4.69, 9.17) is 0 Å². The summed E-state index contributed by atoms with van der Waals surface area (Å²) in [6.07, 6.45) is 7.02. The molecule has 0 bridgehead atoms.